The molecule has 0 fully saturated rings. The second kappa shape index (κ2) is 6.99. The molecular formula is C21H17N3O3. The van der Waals surface area contributed by atoms with Gasteiger partial charge < -0.3 is 10.1 Å². The lowest BCUT2D eigenvalue weighted by Gasteiger charge is -2.33. The normalized spacial score (nSPS) is 18.3. The van der Waals surface area contributed by atoms with Crippen LogP contribution in [-0.4, -0.2) is 28.8 Å². The number of hydrogen-bond donors (Lipinski definition) is 1. The number of pyridine rings is 2. The fraction of sp³-hybridized carbons (Fsp3) is 0.143. The summed E-state index contributed by atoms with van der Waals surface area (Å²) >= 11 is 0. The Kier molecular flexibility index (Phi) is 4.38. The molecule has 1 aromatic carbocycles. The first-order chi connectivity index (χ1) is 13.2. The number of nitrogens with one attached hydrogen (secondary N) is 1. The summed E-state index contributed by atoms with van der Waals surface area (Å²) in [7, 11) is 1.30. The number of ketones is 1. The number of nitrogens with zero attached hydrogens (tertiary/aromatic N) is 2. The summed E-state index contributed by atoms with van der Waals surface area (Å²) in [5, 5.41) is 3.38. The van der Waals surface area contributed by atoms with E-state index < -0.39 is 17.9 Å². The Bertz CT molecular complexity index is 990. The van der Waals surface area contributed by atoms with Crippen LogP contribution in [0.3, 0.4) is 0 Å². The topological polar surface area (TPSA) is 81.2 Å². The fourth-order valence-electron chi connectivity index (χ4n) is 3.45. The van der Waals surface area contributed by atoms with Gasteiger partial charge in [-0.25, -0.2) is 4.79 Å². The van der Waals surface area contributed by atoms with Crippen LogP contribution in [0.5, 0.6) is 0 Å². The summed E-state index contributed by atoms with van der Waals surface area (Å²) in [4.78, 5) is 34.5. The van der Waals surface area contributed by atoms with Crippen molar-refractivity contribution in [3.8, 4) is 0 Å². The Morgan fingerprint density at radius 1 is 0.963 bits per heavy atom. The highest BCUT2D eigenvalue weighted by atomic mass is 16.5. The number of methoxy groups -OCH3 is 1. The smallest absolute Gasteiger partial charge is 0.338 e. The number of benzene rings is 1. The monoisotopic (exact) mass is 359 g/mol. The molecule has 1 N–H and O–H groups in total. The Balaban J connectivity index is 1.90. The molecule has 0 saturated carbocycles. The lowest BCUT2D eigenvalue weighted by atomic mass is 9.80. The number of anilines is 1. The maximum Gasteiger partial charge on any atom is 0.338 e. The van der Waals surface area contributed by atoms with E-state index in [0.717, 1.165) is 5.69 Å². The van der Waals surface area contributed by atoms with Gasteiger partial charge in [-0.2, -0.15) is 0 Å². The minimum atomic E-state index is -0.612. The van der Waals surface area contributed by atoms with Crippen LogP contribution in [0.25, 0.3) is 0 Å². The number of carbonyl (C=O) groups excluding carboxylic acids is 2. The minimum absolute atomic E-state index is 0.181. The summed E-state index contributed by atoms with van der Waals surface area (Å²) in [5.41, 5.74) is 2.51. The van der Waals surface area contributed by atoms with E-state index in [1.54, 1.807) is 36.7 Å². The zero-order valence-corrected chi connectivity index (χ0v) is 14.6. The molecule has 0 radical (unpaired) electrons. The van der Waals surface area contributed by atoms with E-state index in [2.05, 4.69) is 15.3 Å². The molecular weight excluding hydrogens is 342 g/mol. The van der Waals surface area contributed by atoms with Crippen LogP contribution in [0.4, 0.5) is 5.69 Å². The van der Waals surface area contributed by atoms with E-state index in [-0.39, 0.29) is 11.3 Å². The van der Waals surface area contributed by atoms with Gasteiger partial charge in [-0.05, 0) is 36.4 Å². The van der Waals surface area contributed by atoms with E-state index in [4.69, 9.17) is 4.74 Å². The lowest BCUT2D eigenvalue weighted by Crippen LogP contribution is -2.34. The molecule has 0 aliphatic carbocycles. The van der Waals surface area contributed by atoms with Crippen molar-refractivity contribution in [3.05, 3.63) is 89.5 Å². The van der Waals surface area contributed by atoms with Gasteiger partial charge in [0.05, 0.1) is 41.6 Å². The molecule has 1 aliphatic rings. The van der Waals surface area contributed by atoms with Crippen molar-refractivity contribution in [1.82, 2.24) is 9.97 Å². The second-order valence-electron chi connectivity index (χ2n) is 6.19. The molecule has 6 heteroatoms. The van der Waals surface area contributed by atoms with Crippen LogP contribution >= 0.6 is 0 Å². The number of ether oxygens (including phenoxy) is 1. The third kappa shape index (κ3) is 2.95. The number of fused-ring (bicyclic) bond motifs is 1. The molecule has 0 saturated heterocycles. The Labute approximate surface area is 156 Å². The first-order valence-electron chi connectivity index (χ1n) is 8.54. The van der Waals surface area contributed by atoms with Crippen molar-refractivity contribution in [1.29, 1.82) is 0 Å². The fourth-order valence-corrected chi connectivity index (χ4v) is 3.45. The van der Waals surface area contributed by atoms with Gasteiger partial charge in [-0.1, -0.05) is 18.2 Å². The SMILES string of the molecule is COC(=O)c1cccc2c1C(=O)C(c1ccccn1)C(c1ccccn1)N2. The van der Waals surface area contributed by atoms with Gasteiger partial charge in [0.15, 0.2) is 5.78 Å². The number of Topliss-reactive ketones (excluding diaryl/α,β-unsaturated/α-hetero) is 1. The molecule has 3 aromatic rings. The summed E-state index contributed by atoms with van der Waals surface area (Å²) in [6.45, 7) is 0. The van der Waals surface area contributed by atoms with E-state index in [9.17, 15) is 9.59 Å². The number of aromatic nitrogens is 2. The predicted molar refractivity (Wildman–Crippen MR) is 99.7 cm³/mol. The van der Waals surface area contributed by atoms with Crippen molar-refractivity contribution >= 4 is 17.4 Å². The molecule has 2 atom stereocenters. The van der Waals surface area contributed by atoms with Gasteiger partial charge in [0, 0.05) is 18.1 Å². The molecule has 2 unspecified atom stereocenters. The number of esters is 1. The summed E-state index contributed by atoms with van der Waals surface area (Å²) in [5.74, 6) is -1.34. The maximum atomic E-state index is 13.5. The van der Waals surface area contributed by atoms with Crippen LogP contribution in [0.15, 0.2) is 67.0 Å². The summed E-state index contributed by atoms with van der Waals surface area (Å²) in [6, 6.07) is 15.7. The van der Waals surface area contributed by atoms with Crippen LogP contribution in [0.1, 0.15) is 44.1 Å². The van der Waals surface area contributed by atoms with Gasteiger partial charge in [0.1, 0.15) is 0 Å². The first kappa shape index (κ1) is 16.9. The zero-order chi connectivity index (χ0) is 18.8. The summed E-state index contributed by atoms with van der Waals surface area (Å²) < 4.78 is 4.86. The van der Waals surface area contributed by atoms with E-state index in [1.807, 2.05) is 30.3 Å². The second-order valence-corrected chi connectivity index (χ2v) is 6.19. The van der Waals surface area contributed by atoms with Crippen molar-refractivity contribution in [2.75, 3.05) is 12.4 Å². The molecule has 4 rings (SSSR count). The summed E-state index contributed by atoms with van der Waals surface area (Å²) in [6.07, 6.45) is 3.34. The van der Waals surface area contributed by atoms with Gasteiger partial charge in [-0.3, -0.25) is 14.8 Å². The van der Waals surface area contributed by atoms with Crippen molar-refractivity contribution in [3.63, 3.8) is 0 Å². The average Bonchev–Trinajstić information content (AvgIpc) is 2.73. The quantitative estimate of drug-likeness (QED) is 0.722. The van der Waals surface area contributed by atoms with Crippen molar-refractivity contribution in [2.24, 2.45) is 0 Å². The van der Waals surface area contributed by atoms with Gasteiger partial charge >= 0.3 is 5.97 Å². The van der Waals surface area contributed by atoms with Gasteiger partial charge in [0.2, 0.25) is 0 Å². The number of rotatable bonds is 3. The maximum absolute atomic E-state index is 13.5. The number of hydrogen-bond acceptors (Lipinski definition) is 6. The molecule has 0 bridgehead atoms. The molecule has 6 nitrogen and oxygen atoms in total. The Morgan fingerprint density at radius 3 is 2.30 bits per heavy atom. The van der Waals surface area contributed by atoms with E-state index >= 15 is 0 Å². The minimum Gasteiger partial charge on any atom is -0.465 e. The number of carbonyl (C=O) groups is 2. The first-order valence-corrected chi connectivity index (χ1v) is 8.54. The van der Waals surface area contributed by atoms with E-state index in [0.29, 0.717) is 16.9 Å². The molecule has 27 heavy (non-hydrogen) atoms. The van der Waals surface area contributed by atoms with Crippen LogP contribution in [0.2, 0.25) is 0 Å². The molecule has 0 spiro atoms. The van der Waals surface area contributed by atoms with Crippen molar-refractivity contribution in [2.45, 2.75) is 12.0 Å². The van der Waals surface area contributed by atoms with Gasteiger partial charge in [-0.15, -0.1) is 0 Å². The molecule has 0 amide bonds. The zero-order valence-electron chi connectivity index (χ0n) is 14.6. The molecule has 134 valence electrons. The molecule has 1 aliphatic heterocycles. The molecule has 2 aromatic heterocycles. The highest BCUT2D eigenvalue weighted by Crippen LogP contribution is 2.42. The standard InChI is InChI=1S/C21H17N3O3/c1-27-21(26)13-7-6-10-15-17(13)20(25)18(14-8-2-4-11-22-14)19(24-15)16-9-3-5-12-23-16/h2-12,18-19,24H,1H3. The average molecular weight is 359 g/mol. The van der Waals surface area contributed by atoms with Crippen molar-refractivity contribution < 1.29 is 14.3 Å². The highest BCUT2D eigenvalue weighted by molar-refractivity contribution is 6.14. The van der Waals surface area contributed by atoms with Crippen LogP contribution in [0, 0.1) is 0 Å². The van der Waals surface area contributed by atoms with Crippen LogP contribution < -0.4 is 5.32 Å². The third-order valence-corrected chi connectivity index (χ3v) is 4.66. The lowest BCUT2D eigenvalue weighted by molar-refractivity contribution is 0.0596. The predicted octanol–water partition coefficient (Wildman–Crippen LogP) is 3.40. The largest absolute Gasteiger partial charge is 0.465 e. The highest BCUT2D eigenvalue weighted by Gasteiger charge is 2.40. The van der Waals surface area contributed by atoms with E-state index in [1.165, 1.54) is 7.11 Å². The molecule has 3 heterocycles. The van der Waals surface area contributed by atoms with Gasteiger partial charge in [0.25, 0.3) is 0 Å². The Morgan fingerprint density at radius 2 is 1.67 bits per heavy atom. The third-order valence-electron chi connectivity index (χ3n) is 4.66. The van der Waals surface area contributed by atoms with Crippen LogP contribution in [-0.2, 0) is 4.74 Å². The Hall–Kier alpha value is -3.54.